The highest BCUT2D eigenvalue weighted by Gasteiger charge is 2.17. The summed E-state index contributed by atoms with van der Waals surface area (Å²) in [5, 5.41) is 12.1. The third kappa shape index (κ3) is 4.93. The van der Waals surface area contributed by atoms with Gasteiger partial charge in [0.25, 0.3) is 0 Å². The third-order valence-electron chi connectivity index (χ3n) is 7.29. The summed E-state index contributed by atoms with van der Waals surface area (Å²) in [6.07, 6.45) is 4.56. The molecule has 0 unspecified atom stereocenters. The van der Waals surface area contributed by atoms with E-state index in [0.29, 0.717) is 0 Å². The highest BCUT2D eigenvalue weighted by Crippen LogP contribution is 2.38. The fraction of sp³-hybridized carbons (Fsp3) is 0.194. The zero-order chi connectivity index (χ0) is 25.2. The normalized spacial score (nSPS) is 14.4. The van der Waals surface area contributed by atoms with E-state index < -0.39 is 0 Å². The number of nitrogens with zero attached hydrogens (tertiary/aromatic N) is 3. The van der Waals surface area contributed by atoms with Gasteiger partial charge in [-0.05, 0) is 60.0 Å². The van der Waals surface area contributed by atoms with Crippen molar-refractivity contribution < 1.29 is 9.50 Å². The number of H-pyrrole nitrogens is 1. The van der Waals surface area contributed by atoms with Crippen LogP contribution in [-0.2, 0) is 6.42 Å². The minimum Gasteiger partial charge on any atom is -0.507 e. The number of aromatic amines is 1. The lowest BCUT2D eigenvalue weighted by atomic mass is 9.98. The molecular weight excluding hydrogens is 463 g/mol. The predicted molar refractivity (Wildman–Crippen MR) is 147 cm³/mol. The molecule has 0 atom stereocenters. The first-order valence-corrected chi connectivity index (χ1v) is 12.7. The number of aromatic hydroxyl groups is 1. The number of hydrogen-bond acceptors (Lipinski definition) is 4. The van der Waals surface area contributed by atoms with Crippen molar-refractivity contribution in [3.8, 4) is 28.1 Å². The largest absolute Gasteiger partial charge is 0.507 e. The lowest BCUT2D eigenvalue weighted by Crippen LogP contribution is -2.47. The molecule has 1 fully saturated rings. The minimum absolute atomic E-state index is 0.191. The minimum atomic E-state index is -0.191. The molecule has 0 bridgehead atoms. The second-order valence-electron chi connectivity index (χ2n) is 9.60. The number of nitrogens with one attached hydrogen (secondary N) is 1. The van der Waals surface area contributed by atoms with Crippen molar-refractivity contribution in [3.63, 3.8) is 0 Å². The average Bonchev–Trinajstić information content (AvgIpc) is 3.37. The Morgan fingerprint density at radius 3 is 2.38 bits per heavy atom. The maximum absolute atomic E-state index is 13.2. The van der Waals surface area contributed by atoms with Crippen LogP contribution in [0.25, 0.3) is 33.3 Å². The van der Waals surface area contributed by atoms with E-state index in [1.807, 2.05) is 48.7 Å². The number of fused-ring (bicyclic) bond motifs is 1. The van der Waals surface area contributed by atoms with Gasteiger partial charge in [0.05, 0.1) is 5.69 Å². The van der Waals surface area contributed by atoms with E-state index in [2.05, 4.69) is 44.0 Å². The molecule has 0 aliphatic carbocycles. The molecule has 1 saturated heterocycles. The standard InChI is InChI=1S/C31H29FN4O/c32-25-8-10-26(11-9-25)36-18-16-35(17-19-36)15-13-22-4-6-23(7-5-22)27-2-1-3-28(31(27)37)30-20-24-21-33-14-12-29(24)34-30/h1-12,14,20-21,34,37H,13,15-19H2. The van der Waals surface area contributed by atoms with Crippen LogP contribution < -0.4 is 4.90 Å². The molecule has 37 heavy (non-hydrogen) atoms. The lowest BCUT2D eigenvalue weighted by molar-refractivity contribution is 0.261. The van der Waals surface area contributed by atoms with E-state index in [-0.39, 0.29) is 11.6 Å². The van der Waals surface area contributed by atoms with Gasteiger partial charge in [0.2, 0.25) is 0 Å². The maximum Gasteiger partial charge on any atom is 0.132 e. The van der Waals surface area contributed by atoms with Crippen LogP contribution in [0.4, 0.5) is 10.1 Å². The Hall–Kier alpha value is -4.16. The summed E-state index contributed by atoms with van der Waals surface area (Å²) in [5.74, 6) is 0.0806. The first kappa shape index (κ1) is 23.3. The summed E-state index contributed by atoms with van der Waals surface area (Å²) in [5.41, 5.74) is 6.83. The van der Waals surface area contributed by atoms with Gasteiger partial charge < -0.3 is 15.0 Å². The number of pyridine rings is 1. The lowest BCUT2D eigenvalue weighted by Gasteiger charge is -2.36. The molecule has 1 aliphatic heterocycles. The topological polar surface area (TPSA) is 55.4 Å². The molecule has 0 saturated carbocycles. The van der Waals surface area contributed by atoms with Crippen LogP contribution in [0.5, 0.6) is 5.75 Å². The molecule has 0 amide bonds. The Bertz CT molecular complexity index is 1470. The van der Waals surface area contributed by atoms with Gasteiger partial charge in [-0.25, -0.2) is 4.39 Å². The van der Waals surface area contributed by atoms with Gasteiger partial charge in [0, 0.05) is 72.8 Å². The molecule has 2 N–H and O–H groups in total. The summed E-state index contributed by atoms with van der Waals surface area (Å²) in [4.78, 5) is 12.4. The zero-order valence-corrected chi connectivity index (χ0v) is 20.6. The molecule has 3 aromatic carbocycles. The molecule has 0 spiro atoms. The maximum atomic E-state index is 13.2. The summed E-state index contributed by atoms with van der Waals surface area (Å²) < 4.78 is 13.2. The SMILES string of the molecule is Oc1c(-c2ccc(CCN3CCN(c4ccc(F)cc4)CC3)cc2)cccc1-c1cc2cnccc2[nH]1. The van der Waals surface area contributed by atoms with Crippen LogP contribution in [0.1, 0.15) is 5.56 Å². The van der Waals surface area contributed by atoms with Gasteiger partial charge in [0.1, 0.15) is 11.6 Å². The van der Waals surface area contributed by atoms with Crippen LogP contribution in [-0.4, -0.2) is 52.7 Å². The molecule has 0 radical (unpaired) electrons. The van der Waals surface area contributed by atoms with Crippen LogP contribution in [0.3, 0.4) is 0 Å². The van der Waals surface area contributed by atoms with E-state index in [1.165, 1.54) is 17.7 Å². The number of phenols is 1. The zero-order valence-electron chi connectivity index (χ0n) is 20.6. The number of benzene rings is 3. The first-order valence-electron chi connectivity index (χ1n) is 12.7. The van der Waals surface area contributed by atoms with Gasteiger partial charge in [-0.3, -0.25) is 9.88 Å². The fourth-order valence-corrected chi connectivity index (χ4v) is 5.13. The summed E-state index contributed by atoms with van der Waals surface area (Å²) >= 11 is 0. The molecule has 2 aromatic heterocycles. The number of aromatic nitrogens is 2. The van der Waals surface area contributed by atoms with E-state index in [9.17, 15) is 9.50 Å². The van der Waals surface area contributed by atoms with Crippen molar-refractivity contribution in [3.05, 3.63) is 103 Å². The number of halogens is 1. The Balaban J connectivity index is 1.09. The molecule has 186 valence electrons. The van der Waals surface area contributed by atoms with Crippen molar-refractivity contribution in [1.29, 1.82) is 0 Å². The number of para-hydroxylation sites is 1. The first-order chi connectivity index (χ1) is 18.1. The molecule has 1 aliphatic rings. The van der Waals surface area contributed by atoms with Crippen LogP contribution >= 0.6 is 0 Å². The molecule has 6 rings (SSSR count). The van der Waals surface area contributed by atoms with Crippen molar-refractivity contribution in [2.24, 2.45) is 0 Å². The van der Waals surface area contributed by atoms with E-state index in [0.717, 1.165) is 78.1 Å². The van der Waals surface area contributed by atoms with E-state index in [1.54, 1.807) is 6.20 Å². The number of hydrogen-bond donors (Lipinski definition) is 2. The highest BCUT2D eigenvalue weighted by atomic mass is 19.1. The monoisotopic (exact) mass is 492 g/mol. The van der Waals surface area contributed by atoms with Crippen LogP contribution in [0, 0.1) is 5.82 Å². The Labute approximate surface area is 215 Å². The van der Waals surface area contributed by atoms with E-state index in [4.69, 9.17) is 0 Å². The number of phenolic OH excluding ortho intramolecular Hbond substituents is 1. The summed E-state index contributed by atoms with van der Waals surface area (Å²) in [6, 6.07) is 25.1. The Kier molecular flexibility index (Phi) is 6.33. The number of rotatable bonds is 6. The molecule has 3 heterocycles. The fourth-order valence-electron chi connectivity index (χ4n) is 5.13. The van der Waals surface area contributed by atoms with Crippen molar-refractivity contribution in [2.45, 2.75) is 6.42 Å². The second kappa shape index (κ2) is 10.1. The van der Waals surface area contributed by atoms with Gasteiger partial charge in [-0.2, -0.15) is 0 Å². The molecule has 5 nitrogen and oxygen atoms in total. The smallest absolute Gasteiger partial charge is 0.132 e. The average molecular weight is 493 g/mol. The predicted octanol–water partition coefficient (Wildman–Crippen LogP) is 6.11. The molecule has 6 heteroatoms. The number of piperazine rings is 1. The van der Waals surface area contributed by atoms with Crippen molar-refractivity contribution in [2.75, 3.05) is 37.6 Å². The Morgan fingerprint density at radius 2 is 1.62 bits per heavy atom. The summed E-state index contributed by atoms with van der Waals surface area (Å²) in [6.45, 7) is 4.91. The van der Waals surface area contributed by atoms with Crippen LogP contribution in [0.15, 0.2) is 91.3 Å². The van der Waals surface area contributed by atoms with Gasteiger partial charge >= 0.3 is 0 Å². The van der Waals surface area contributed by atoms with Gasteiger partial charge in [-0.15, -0.1) is 0 Å². The molecule has 5 aromatic rings. The highest BCUT2D eigenvalue weighted by molar-refractivity contribution is 5.88. The summed E-state index contributed by atoms with van der Waals surface area (Å²) in [7, 11) is 0. The van der Waals surface area contributed by atoms with Gasteiger partial charge in [-0.1, -0.05) is 36.4 Å². The number of anilines is 1. The second-order valence-corrected chi connectivity index (χ2v) is 9.60. The van der Waals surface area contributed by atoms with Crippen LogP contribution in [0.2, 0.25) is 0 Å². The Morgan fingerprint density at radius 1 is 0.865 bits per heavy atom. The van der Waals surface area contributed by atoms with Crippen molar-refractivity contribution in [1.82, 2.24) is 14.9 Å². The molecular formula is C31H29FN4O. The quantitative estimate of drug-likeness (QED) is 0.300. The van der Waals surface area contributed by atoms with Gasteiger partial charge in [0.15, 0.2) is 0 Å². The van der Waals surface area contributed by atoms with Crippen molar-refractivity contribution >= 4 is 16.6 Å². The third-order valence-corrected chi connectivity index (χ3v) is 7.29. The van der Waals surface area contributed by atoms with E-state index >= 15 is 0 Å².